The van der Waals surface area contributed by atoms with Crippen molar-refractivity contribution in [1.29, 1.82) is 0 Å². The Labute approximate surface area is 109 Å². The van der Waals surface area contributed by atoms with Crippen LogP contribution >= 0.6 is 0 Å². The fraction of sp³-hybridized carbons (Fsp3) is 0.533. The number of rotatable bonds is 1. The molecular formula is C15H22N2O. The predicted octanol–water partition coefficient (Wildman–Crippen LogP) is 2.84. The van der Waals surface area contributed by atoms with E-state index in [1.807, 2.05) is 24.0 Å². The summed E-state index contributed by atoms with van der Waals surface area (Å²) in [6.07, 6.45) is 2.27. The van der Waals surface area contributed by atoms with Gasteiger partial charge in [-0.1, -0.05) is 19.9 Å². The van der Waals surface area contributed by atoms with Gasteiger partial charge < -0.3 is 10.6 Å². The van der Waals surface area contributed by atoms with Crippen LogP contribution in [-0.4, -0.2) is 23.9 Å². The van der Waals surface area contributed by atoms with Crippen molar-refractivity contribution in [2.75, 3.05) is 18.8 Å². The predicted molar refractivity (Wildman–Crippen MR) is 74.5 cm³/mol. The molecule has 3 nitrogen and oxygen atoms in total. The van der Waals surface area contributed by atoms with Crippen LogP contribution in [0.1, 0.15) is 42.6 Å². The van der Waals surface area contributed by atoms with E-state index in [9.17, 15) is 4.79 Å². The normalized spacial score (nSPS) is 18.7. The number of nitrogens with zero attached hydrogens (tertiary/aromatic N) is 1. The highest BCUT2D eigenvalue weighted by atomic mass is 16.2. The van der Waals surface area contributed by atoms with Crippen molar-refractivity contribution in [3.05, 3.63) is 29.3 Å². The van der Waals surface area contributed by atoms with Crippen LogP contribution in [0, 0.1) is 12.3 Å². The van der Waals surface area contributed by atoms with E-state index >= 15 is 0 Å². The molecule has 2 N–H and O–H groups in total. The summed E-state index contributed by atoms with van der Waals surface area (Å²) in [5, 5.41) is 0. The van der Waals surface area contributed by atoms with Gasteiger partial charge in [0.1, 0.15) is 0 Å². The van der Waals surface area contributed by atoms with Crippen molar-refractivity contribution in [2.45, 2.75) is 33.6 Å². The van der Waals surface area contributed by atoms with Gasteiger partial charge in [0.05, 0.1) is 0 Å². The summed E-state index contributed by atoms with van der Waals surface area (Å²) in [6.45, 7) is 8.08. The Balaban J connectivity index is 2.18. The van der Waals surface area contributed by atoms with Crippen LogP contribution in [0.15, 0.2) is 18.2 Å². The molecule has 0 unspecified atom stereocenters. The Kier molecular flexibility index (Phi) is 3.33. The van der Waals surface area contributed by atoms with Crippen LogP contribution in [0.4, 0.5) is 5.69 Å². The summed E-state index contributed by atoms with van der Waals surface area (Å²) < 4.78 is 0. The molecule has 1 aromatic rings. The number of hydrogen-bond donors (Lipinski definition) is 1. The number of aryl methyl sites for hydroxylation is 1. The lowest BCUT2D eigenvalue weighted by molar-refractivity contribution is 0.0583. The van der Waals surface area contributed by atoms with Crippen LogP contribution in [-0.2, 0) is 0 Å². The zero-order valence-electron chi connectivity index (χ0n) is 11.5. The molecule has 0 spiro atoms. The topological polar surface area (TPSA) is 46.3 Å². The molecule has 0 saturated carbocycles. The molecule has 18 heavy (non-hydrogen) atoms. The maximum atomic E-state index is 12.4. The number of piperidine rings is 1. The van der Waals surface area contributed by atoms with Crippen molar-refractivity contribution < 1.29 is 4.79 Å². The van der Waals surface area contributed by atoms with E-state index in [1.54, 1.807) is 6.07 Å². The first kappa shape index (κ1) is 12.9. The van der Waals surface area contributed by atoms with Crippen LogP contribution in [0.5, 0.6) is 0 Å². The SMILES string of the molecule is Cc1ccc(C(=O)N2CCCC(C)(C)C2)cc1N. The molecule has 1 aliphatic heterocycles. The quantitative estimate of drug-likeness (QED) is 0.774. The molecule has 0 radical (unpaired) electrons. The number of likely N-dealkylation sites (tertiary alicyclic amines) is 1. The van der Waals surface area contributed by atoms with E-state index in [0.29, 0.717) is 11.3 Å². The minimum Gasteiger partial charge on any atom is -0.398 e. The summed E-state index contributed by atoms with van der Waals surface area (Å²) in [4.78, 5) is 14.4. The van der Waals surface area contributed by atoms with Gasteiger partial charge >= 0.3 is 0 Å². The number of anilines is 1. The monoisotopic (exact) mass is 246 g/mol. The second kappa shape index (κ2) is 4.63. The molecule has 0 aromatic heterocycles. The van der Waals surface area contributed by atoms with Crippen LogP contribution in [0.25, 0.3) is 0 Å². The first-order valence-electron chi connectivity index (χ1n) is 6.54. The number of nitrogen functional groups attached to an aromatic ring is 1. The van der Waals surface area contributed by atoms with E-state index in [1.165, 1.54) is 6.42 Å². The number of amides is 1. The van der Waals surface area contributed by atoms with Crippen LogP contribution < -0.4 is 5.73 Å². The second-order valence-corrected chi connectivity index (χ2v) is 6.07. The van der Waals surface area contributed by atoms with E-state index in [2.05, 4.69) is 13.8 Å². The Morgan fingerprint density at radius 1 is 1.39 bits per heavy atom. The number of carbonyl (C=O) groups is 1. The molecule has 3 heteroatoms. The van der Waals surface area contributed by atoms with Crippen molar-refractivity contribution in [2.24, 2.45) is 5.41 Å². The van der Waals surface area contributed by atoms with E-state index in [0.717, 1.165) is 25.1 Å². The van der Waals surface area contributed by atoms with Gasteiger partial charge in [-0.2, -0.15) is 0 Å². The minimum absolute atomic E-state index is 0.106. The largest absolute Gasteiger partial charge is 0.398 e. The van der Waals surface area contributed by atoms with Gasteiger partial charge in [0, 0.05) is 24.3 Å². The fourth-order valence-corrected chi connectivity index (χ4v) is 2.55. The van der Waals surface area contributed by atoms with Gasteiger partial charge in [0.2, 0.25) is 0 Å². The highest BCUT2D eigenvalue weighted by Gasteiger charge is 2.29. The maximum absolute atomic E-state index is 12.4. The standard InChI is InChI=1S/C15H22N2O/c1-11-5-6-12(9-13(11)16)14(18)17-8-4-7-15(2,3)10-17/h5-6,9H,4,7-8,10,16H2,1-3H3. The molecular weight excluding hydrogens is 224 g/mol. The molecule has 98 valence electrons. The average molecular weight is 246 g/mol. The minimum atomic E-state index is 0.106. The Hall–Kier alpha value is -1.51. The summed E-state index contributed by atoms with van der Waals surface area (Å²) in [7, 11) is 0. The molecule has 1 aromatic carbocycles. The number of carbonyl (C=O) groups excluding carboxylic acids is 1. The fourth-order valence-electron chi connectivity index (χ4n) is 2.55. The third-order valence-corrected chi connectivity index (χ3v) is 3.71. The smallest absolute Gasteiger partial charge is 0.253 e. The molecule has 1 fully saturated rings. The Morgan fingerprint density at radius 2 is 2.11 bits per heavy atom. The summed E-state index contributed by atoms with van der Waals surface area (Å²) in [5.74, 6) is 0.106. The van der Waals surface area contributed by atoms with E-state index in [-0.39, 0.29) is 11.3 Å². The third kappa shape index (κ3) is 2.66. The van der Waals surface area contributed by atoms with Crippen molar-refractivity contribution in [1.82, 2.24) is 4.90 Å². The molecule has 1 aliphatic rings. The molecule has 1 heterocycles. The zero-order chi connectivity index (χ0) is 13.3. The average Bonchev–Trinajstić information content (AvgIpc) is 2.30. The Bertz CT molecular complexity index is 466. The van der Waals surface area contributed by atoms with Crippen molar-refractivity contribution in [3.63, 3.8) is 0 Å². The molecule has 0 atom stereocenters. The molecule has 1 amide bonds. The molecule has 0 aliphatic carbocycles. The summed E-state index contributed by atoms with van der Waals surface area (Å²) in [6, 6.07) is 5.58. The van der Waals surface area contributed by atoms with Gasteiger partial charge in [0.15, 0.2) is 0 Å². The lowest BCUT2D eigenvalue weighted by atomic mass is 9.84. The third-order valence-electron chi connectivity index (χ3n) is 3.71. The molecule has 2 rings (SSSR count). The second-order valence-electron chi connectivity index (χ2n) is 6.07. The maximum Gasteiger partial charge on any atom is 0.253 e. The highest BCUT2D eigenvalue weighted by Crippen LogP contribution is 2.29. The zero-order valence-corrected chi connectivity index (χ0v) is 11.5. The lowest BCUT2D eigenvalue weighted by Crippen LogP contribution is -2.43. The van der Waals surface area contributed by atoms with Gasteiger partial charge in [-0.15, -0.1) is 0 Å². The van der Waals surface area contributed by atoms with Gasteiger partial charge in [-0.25, -0.2) is 0 Å². The molecule has 1 saturated heterocycles. The van der Waals surface area contributed by atoms with Gasteiger partial charge in [-0.05, 0) is 42.9 Å². The Morgan fingerprint density at radius 3 is 2.72 bits per heavy atom. The van der Waals surface area contributed by atoms with Gasteiger partial charge in [0.25, 0.3) is 5.91 Å². The van der Waals surface area contributed by atoms with Crippen molar-refractivity contribution >= 4 is 11.6 Å². The van der Waals surface area contributed by atoms with Crippen LogP contribution in [0.2, 0.25) is 0 Å². The van der Waals surface area contributed by atoms with E-state index in [4.69, 9.17) is 5.73 Å². The first-order valence-corrected chi connectivity index (χ1v) is 6.54. The number of hydrogen-bond acceptors (Lipinski definition) is 2. The van der Waals surface area contributed by atoms with E-state index < -0.39 is 0 Å². The lowest BCUT2D eigenvalue weighted by Gasteiger charge is -2.38. The molecule has 0 bridgehead atoms. The first-order chi connectivity index (χ1) is 8.39. The van der Waals surface area contributed by atoms with Gasteiger partial charge in [-0.3, -0.25) is 4.79 Å². The van der Waals surface area contributed by atoms with Crippen molar-refractivity contribution in [3.8, 4) is 0 Å². The summed E-state index contributed by atoms with van der Waals surface area (Å²) >= 11 is 0. The van der Waals surface area contributed by atoms with Crippen LogP contribution in [0.3, 0.4) is 0 Å². The number of nitrogens with two attached hydrogens (primary N) is 1. The summed E-state index contributed by atoms with van der Waals surface area (Å²) in [5.41, 5.74) is 8.51. The number of benzene rings is 1. The highest BCUT2D eigenvalue weighted by molar-refractivity contribution is 5.95.